The molecule has 0 spiro atoms. The van der Waals surface area contributed by atoms with E-state index in [9.17, 15) is 9.59 Å². The molecule has 11 heavy (non-hydrogen) atoms. The fraction of sp³-hybridized carbons (Fsp3) is 0.600. The van der Waals surface area contributed by atoms with E-state index in [0.29, 0.717) is 0 Å². The maximum atomic E-state index is 10.3. The fourth-order valence-corrected chi connectivity index (χ4v) is 0.815. The summed E-state index contributed by atoms with van der Waals surface area (Å²) in [4.78, 5) is 21.8. The van der Waals surface area contributed by atoms with Crippen molar-refractivity contribution < 1.29 is 14.7 Å². The van der Waals surface area contributed by atoms with Crippen LogP contribution < -0.4 is 11.9 Å². The number of carboxylic acids is 1. The van der Waals surface area contributed by atoms with Gasteiger partial charge in [-0.3, -0.25) is 4.79 Å². The van der Waals surface area contributed by atoms with E-state index < -0.39 is 17.9 Å². The average Bonchev–Trinajstić information content (AvgIpc) is 1.56. The van der Waals surface area contributed by atoms with Gasteiger partial charge in [-0.2, -0.15) is 0 Å². The first-order valence-electron chi connectivity index (χ1n) is 2.88. The fourth-order valence-electron chi connectivity index (χ4n) is 0.815. The summed E-state index contributed by atoms with van der Waals surface area (Å²) in [6.07, 6.45) is 0. The predicted octanol–water partition coefficient (Wildman–Crippen LogP) is -1.40. The summed E-state index contributed by atoms with van der Waals surface area (Å²) in [6.45, 7) is 0.509. The van der Waals surface area contributed by atoms with E-state index in [1.807, 2.05) is 0 Å². The lowest BCUT2D eigenvalue weighted by Crippen LogP contribution is -2.54. The second-order valence-electron chi connectivity index (χ2n) is 2.28. The van der Waals surface area contributed by atoms with E-state index in [-0.39, 0.29) is 19.2 Å². The van der Waals surface area contributed by atoms with Crippen LogP contribution in [-0.2, 0) is 4.79 Å². The van der Waals surface area contributed by atoms with Crippen molar-refractivity contribution >= 4 is 12.0 Å². The van der Waals surface area contributed by atoms with Gasteiger partial charge in [0.1, 0.15) is 0 Å². The molecule has 3 radical (unpaired) electrons. The highest BCUT2D eigenvalue weighted by Gasteiger charge is 2.34. The Bertz CT molecular complexity index is 158. The van der Waals surface area contributed by atoms with Crippen molar-refractivity contribution in [3.63, 3.8) is 0 Å². The molecule has 0 aliphatic carbocycles. The minimum absolute atomic E-state index is 0. The number of amides is 2. The van der Waals surface area contributed by atoms with Crippen molar-refractivity contribution in [3.05, 3.63) is 0 Å². The predicted molar refractivity (Wildman–Crippen MR) is 34.4 cm³/mol. The van der Waals surface area contributed by atoms with Crippen LogP contribution in [0.4, 0.5) is 4.79 Å². The van der Waals surface area contributed by atoms with Crippen LogP contribution in [0.15, 0.2) is 0 Å². The highest BCUT2D eigenvalue weighted by atomic mass is 16.4. The number of hydrogen-bond donors (Lipinski definition) is 2. The SMILES string of the molecule is NC(=O)N1CC(C(=O)O)C1.[N]. The summed E-state index contributed by atoms with van der Waals surface area (Å²) in [5, 5.41) is 8.35. The van der Waals surface area contributed by atoms with Gasteiger partial charge >= 0.3 is 12.0 Å². The zero-order valence-corrected chi connectivity index (χ0v) is 5.73. The lowest BCUT2D eigenvalue weighted by molar-refractivity contribution is -0.145. The third-order valence-corrected chi connectivity index (χ3v) is 1.54. The van der Waals surface area contributed by atoms with E-state index in [1.54, 1.807) is 0 Å². The molecule has 1 heterocycles. The third kappa shape index (κ3) is 1.81. The monoisotopic (exact) mass is 158 g/mol. The van der Waals surface area contributed by atoms with Gasteiger partial charge in [-0.25, -0.2) is 4.79 Å². The number of nitrogens with two attached hydrogens (primary N) is 1. The average molecular weight is 158 g/mol. The number of carboxylic acid groups (broad SMARTS) is 1. The van der Waals surface area contributed by atoms with Crippen LogP contribution in [-0.4, -0.2) is 35.1 Å². The normalized spacial score (nSPS) is 16.5. The quantitative estimate of drug-likeness (QED) is 0.489. The van der Waals surface area contributed by atoms with E-state index in [4.69, 9.17) is 10.8 Å². The standard InChI is InChI=1S/C5H8N2O3.N/c6-5(10)7-1-3(2-7)4(8)9;/h3H,1-2H2,(H2,6,10)(H,8,9);. The lowest BCUT2D eigenvalue weighted by Gasteiger charge is -2.34. The number of nitrogens with zero attached hydrogens (tertiary/aromatic N) is 2. The first kappa shape index (κ1) is 9.70. The lowest BCUT2D eigenvalue weighted by atomic mass is 10.0. The molecule has 0 aromatic heterocycles. The minimum atomic E-state index is -0.863. The Kier molecular flexibility index (Phi) is 2.82. The summed E-state index contributed by atoms with van der Waals surface area (Å²) >= 11 is 0. The van der Waals surface area contributed by atoms with Crippen molar-refractivity contribution in [2.45, 2.75) is 0 Å². The van der Waals surface area contributed by atoms with Gasteiger partial charge in [0.15, 0.2) is 0 Å². The number of urea groups is 1. The molecule has 61 valence electrons. The summed E-state index contributed by atoms with van der Waals surface area (Å²) in [5.41, 5.74) is 4.85. The molecule has 1 aliphatic heterocycles. The van der Waals surface area contributed by atoms with Gasteiger partial charge in [-0.05, 0) is 0 Å². The Labute approximate surface area is 63.5 Å². The topological polar surface area (TPSA) is 114 Å². The molecule has 1 rings (SSSR count). The third-order valence-electron chi connectivity index (χ3n) is 1.54. The maximum absolute atomic E-state index is 10.3. The second-order valence-corrected chi connectivity index (χ2v) is 2.28. The van der Waals surface area contributed by atoms with Crippen LogP contribution in [0.25, 0.3) is 0 Å². The highest BCUT2D eigenvalue weighted by Crippen LogP contribution is 2.13. The number of carbonyl (C=O) groups is 2. The van der Waals surface area contributed by atoms with Crippen LogP contribution >= 0.6 is 0 Å². The Morgan fingerprint density at radius 3 is 2.18 bits per heavy atom. The van der Waals surface area contributed by atoms with E-state index in [1.165, 1.54) is 4.90 Å². The Morgan fingerprint density at radius 1 is 1.45 bits per heavy atom. The Balaban J connectivity index is 0.000001000. The molecule has 0 aromatic rings. The number of hydrogen-bond acceptors (Lipinski definition) is 2. The number of rotatable bonds is 1. The van der Waals surface area contributed by atoms with Crippen molar-refractivity contribution in [3.8, 4) is 0 Å². The van der Waals surface area contributed by atoms with Gasteiger partial charge in [0.05, 0.1) is 5.92 Å². The largest absolute Gasteiger partial charge is 0.481 e. The molecule has 0 aromatic carbocycles. The van der Waals surface area contributed by atoms with Crippen LogP contribution in [0.2, 0.25) is 0 Å². The van der Waals surface area contributed by atoms with Crippen LogP contribution in [0.5, 0.6) is 0 Å². The van der Waals surface area contributed by atoms with Crippen LogP contribution in [0.3, 0.4) is 0 Å². The first-order chi connectivity index (χ1) is 4.61. The van der Waals surface area contributed by atoms with Crippen molar-refractivity contribution in [1.82, 2.24) is 11.1 Å². The van der Waals surface area contributed by atoms with Gasteiger partial charge < -0.3 is 15.7 Å². The highest BCUT2D eigenvalue weighted by molar-refractivity contribution is 5.78. The number of likely N-dealkylation sites (tertiary alicyclic amines) is 1. The molecule has 0 atom stereocenters. The number of aliphatic carboxylic acids is 1. The molecule has 0 bridgehead atoms. The van der Waals surface area contributed by atoms with Crippen LogP contribution in [0.1, 0.15) is 0 Å². The summed E-state index contributed by atoms with van der Waals surface area (Å²) in [7, 11) is 0. The molecule has 3 N–H and O–H groups in total. The Hall–Kier alpha value is -1.30. The summed E-state index contributed by atoms with van der Waals surface area (Å²) in [6, 6.07) is -0.544. The van der Waals surface area contributed by atoms with Crippen LogP contribution in [0, 0.1) is 5.92 Å². The first-order valence-corrected chi connectivity index (χ1v) is 2.88. The van der Waals surface area contributed by atoms with Gasteiger partial charge in [0, 0.05) is 19.2 Å². The molecule has 1 fully saturated rings. The Morgan fingerprint density at radius 2 is 1.91 bits per heavy atom. The van der Waals surface area contributed by atoms with Crippen molar-refractivity contribution in [1.29, 1.82) is 0 Å². The molecule has 2 amide bonds. The molecule has 6 nitrogen and oxygen atoms in total. The smallest absolute Gasteiger partial charge is 0.314 e. The van der Waals surface area contributed by atoms with Crippen molar-refractivity contribution in [2.24, 2.45) is 11.7 Å². The van der Waals surface area contributed by atoms with E-state index in [0.717, 1.165) is 0 Å². The summed E-state index contributed by atoms with van der Waals surface area (Å²) in [5.74, 6) is -1.27. The van der Waals surface area contributed by atoms with Gasteiger partial charge in [0.25, 0.3) is 0 Å². The number of primary amides is 1. The van der Waals surface area contributed by atoms with Gasteiger partial charge in [0.2, 0.25) is 0 Å². The van der Waals surface area contributed by atoms with Gasteiger partial charge in [-0.1, -0.05) is 0 Å². The zero-order valence-electron chi connectivity index (χ0n) is 5.73. The van der Waals surface area contributed by atoms with E-state index in [2.05, 4.69) is 0 Å². The molecule has 1 aliphatic rings. The molecule has 1 saturated heterocycles. The number of carbonyl (C=O) groups excluding carboxylic acids is 1. The molecule has 6 heteroatoms. The molecule has 0 unspecified atom stereocenters. The zero-order chi connectivity index (χ0) is 7.72. The minimum Gasteiger partial charge on any atom is -0.481 e. The second kappa shape index (κ2) is 3.20. The maximum Gasteiger partial charge on any atom is 0.314 e. The molecular weight excluding hydrogens is 150 g/mol. The molecular formula is C5H8N3O3. The van der Waals surface area contributed by atoms with E-state index >= 15 is 0 Å². The van der Waals surface area contributed by atoms with Crippen molar-refractivity contribution in [2.75, 3.05) is 13.1 Å². The molecule has 0 saturated carbocycles. The summed E-state index contributed by atoms with van der Waals surface area (Å²) < 4.78 is 0. The van der Waals surface area contributed by atoms with Gasteiger partial charge in [-0.15, -0.1) is 0 Å².